The zero-order chi connectivity index (χ0) is 15.9. The number of carbonyl (C=O) groups is 4. The fraction of sp³-hybridized carbons (Fsp3) is 0.600. The lowest BCUT2D eigenvalue weighted by atomic mass is 10.1. The first-order chi connectivity index (χ1) is 9.18. The normalized spacial score (nSPS) is 14.8. The number of carboxylic acids is 2. The maximum absolute atomic E-state index is 11.8. The molecule has 0 aromatic carbocycles. The van der Waals surface area contributed by atoms with Crippen molar-refractivity contribution < 1.29 is 29.4 Å². The van der Waals surface area contributed by atoms with Crippen LogP contribution in [0.2, 0.25) is 0 Å². The second-order valence-electron chi connectivity index (χ2n) is 4.03. The first-order valence-electron chi connectivity index (χ1n) is 5.60. The van der Waals surface area contributed by atoms with Gasteiger partial charge in [-0.3, -0.25) is 14.4 Å². The molecule has 0 fully saturated rings. The van der Waals surface area contributed by atoms with E-state index in [1.165, 1.54) is 6.92 Å². The van der Waals surface area contributed by atoms with E-state index in [0.29, 0.717) is 0 Å². The number of hydrogen-bond acceptors (Lipinski definition) is 6. The second-order valence-corrected chi connectivity index (χ2v) is 4.39. The Hall–Kier alpha value is -1.81. The van der Waals surface area contributed by atoms with Crippen LogP contribution in [-0.2, 0) is 19.2 Å². The SMILES string of the molecule is C[C@H](N)C(=O)N[C@@H](CC(=O)O)C(=O)N[C@@H](CS)C(=O)O. The molecule has 6 N–H and O–H groups in total. The Balaban J connectivity index is 4.84. The van der Waals surface area contributed by atoms with E-state index >= 15 is 0 Å². The van der Waals surface area contributed by atoms with E-state index in [-0.39, 0.29) is 5.75 Å². The van der Waals surface area contributed by atoms with Gasteiger partial charge in [0.15, 0.2) is 0 Å². The minimum Gasteiger partial charge on any atom is -0.481 e. The number of rotatable bonds is 8. The van der Waals surface area contributed by atoms with Gasteiger partial charge in [-0.1, -0.05) is 0 Å². The average Bonchev–Trinajstić information content (AvgIpc) is 2.33. The van der Waals surface area contributed by atoms with Crippen molar-refractivity contribution in [2.45, 2.75) is 31.5 Å². The Kier molecular flexibility index (Phi) is 7.62. The van der Waals surface area contributed by atoms with Gasteiger partial charge in [0.1, 0.15) is 12.1 Å². The van der Waals surface area contributed by atoms with Crippen LogP contribution in [0.1, 0.15) is 13.3 Å². The summed E-state index contributed by atoms with van der Waals surface area (Å²) in [4.78, 5) is 44.6. The van der Waals surface area contributed by atoms with Crippen LogP contribution < -0.4 is 16.4 Å². The lowest BCUT2D eigenvalue weighted by Gasteiger charge is -2.20. The van der Waals surface area contributed by atoms with Crippen LogP contribution >= 0.6 is 12.6 Å². The standard InChI is InChI=1S/C10H17N3O6S/c1-4(11)8(16)12-5(2-7(14)15)9(17)13-6(3-20)10(18)19/h4-6,20H,2-3,11H2,1H3,(H,12,16)(H,13,17)(H,14,15)(H,18,19)/t4-,5-,6-/m0/s1. The summed E-state index contributed by atoms with van der Waals surface area (Å²) in [7, 11) is 0. The highest BCUT2D eigenvalue weighted by atomic mass is 32.1. The van der Waals surface area contributed by atoms with Crippen LogP contribution in [0.25, 0.3) is 0 Å². The number of aliphatic carboxylic acids is 2. The van der Waals surface area contributed by atoms with Gasteiger partial charge >= 0.3 is 11.9 Å². The number of hydrogen-bond donors (Lipinski definition) is 6. The van der Waals surface area contributed by atoms with Crippen molar-refractivity contribution in [2.75, 3.05) is 5.75 Å². The molecule has 0 unspecified atom stereocenters. The summed E-state index contributed by atoms with van der Waals surface area (Å²) in [6.45, 7) is 1.36. The molecule has 0 saturated heterocycles. The molecule has 0 rings (SSSR count). The van der Waals surface area contributed by atoms with E-state index in [2.05, 4.69) is 23.3 Å². The maximum Gasteiger partial charge on any atom is 0.327 e. The maximum atomic E-state index is 11.8. The van der Waals surface area contributed by atoms with Gasteiger partial charge in [0.05, 0.1) is 12.5 Å². The van der Waals surface area contributed by atoms with E-state index in [1.54, 1.807) is 0 Å². The second kappa shape index (κ2) is 8.38. The summed E-state index contributed by atoms with van der Waals surface area (Å²) in [5, 5.41) is 21.7. The van der Waals surface area contributed by atoms with Crippen molar-refractivity contribution >= 4 is 36.4 Å². The molecule has 114 valence electrons. The first kappa shape index (κ1) is 18.2. The number of nitrogens with one attached hydrogen (secondary N) is 2. The minimum absolute atomic E-state index is 0.178. The molecular formula is C10H17N3O6S. The summed E-state index contributed by atoms with van der Waals surface area (Å²) in [6.07, 6.45) is -0.691. The predicted molar refractivity (Wildman–Crippen MR) is 71.3 cm³/mol. The molecule has 0 aliphatic carbocycles. The van der Waals surface area contributed by atoms with Crippen LogP contribution in [0.5, 0.6) is 0 Å². The zero-order valence-electron chi connectivity index (χ0n) is 10.7. The number of carbonyl (C=O) groups excluding carboxylic acids is 2. The van der Waals surface area contributed by atoms with Gasteiger partial charge in [0.25, 0.3) is 0 Å². The molecular weight excluding hydrogens is 290 g/mol. The third-order valence-corrected chi connectivity index (χ3v) is 2.59. The average molecular weight is 307 g/mol. The predicted octanol–water partition coefficient (Wildman–Crippen LogP) is -2.21. The molecule has 10 heteroatoms. The third kappa shape index (κ3) is 6.38. The van der Waals surface area contributed by atoms with Crippen LogP contribution in [0.15, 0.2) is 0 Å². The van der Waals surface area contributed by atoms with Crippen molar-refractivity contribution in [3.8, 4) is 0 Å². The van der Waals surface area contributed by atoms with Crippen molar-refractivity contribution in [1.29, 1.82) is 0 Å². The van der Waals surface area contributed by atoms with Crippen molar-refractivity contribution in [3.63, 3.8) is 0 Å². The molecule has 0 saturated carbocycles. The molecule has 0 aromatic heterocycles. The number of amides is 2. The van der Waals surface area contributed by atoms with Crippen LogP contribution in [0.3, 0.4) is 0 Å². The summed E-state index contributed by atoms with van der Waals surface area (Å²) < 4.78 is 0. The smallest absolute Gasteiger partial charge is 0.327 e. The zero-order valence-corrected chi connectivity index (χ0v) is 11.6. The molecule has 9 nitrogen and oxygen atoms in total. The summed E-state index contributed by atoms with van der Waals surface area (Å²) >= 11 is 3.75. The highest BCUT2D eigenvalue weighted by molar-refractivity contribution is 7.80. The van der Waals surface area contributed by atoms with Gasteiger partial charge < -0.3 is 26.6 Å². The van der Waals surface area contributed by atoms with Crippen LogP contribution in [-0.4, -0.2) is 57.8 Å². The molecule has 0 aliphatic heterocycles. The Morgan fingerprint density at radius 1 is 1.10 bits per heavy atom. The van der Waals surface area contributed by atoms with Crippen molar-refractivity contribution in [3.05, 3.63) is 0 Å². The van der Waals surface area contributed by atoms with Crippen molar-refractivity contribution in [2.24, 2.45) is 5.73 Å². The van der Waals surface area contributed by atoms with Gasteiger partial charge in [-0.2, -0.15) is 12.6 Å². The highest BCUT2D eigenvalue weighted by Crippen LogP contribution is 1.97. The van der Waals surface area contributed by atoms with E-state index in [0.717, 1.165) is 0 Å². The monoisotopic (exact) mass is 307 g/mol. The third-order valence-electron chi connectivity index (χ3n) is 2.22. The highest BCUT2D eigenvalue weighted by Gasteiger charge is 2.28. The first-order valence-corrected chi connectivity index (χ1v) is 6.24. The number of nitrogens with two attached hydrogens (primary N) is 1. The van der Waals surface area contributed by atoms with E-state index in [1.807, 2.05) is 0 Å². The topological polar surface area (TPSA) is 159 Å². The Bertz CT molecular complexity index is 400. The lowest BCUT2D eigenvalue weighted by molar-refractivity contribution is -0.142. The molecule has 0 aliphatic rings. The molecule has 0 spiro atoms. The number of thiol groups is 1. The fourth-order valence-corrected chi connectivity index (χ4v) is 1.39. The van der Waals surface area contributed by atoms with Crippen LogP contribution in [0, 0.1) is 0 Å². The van der Waals surface area contributed by atoms with E-state index in [9.17, 15) is 19.2 Å². The summed E-state index contributed by atoms with van der Waals surface area (Å²) in [5.74, 6) is -4.47. The Morgan fingerprint density at radius 2 is 1.60 bits per heavy atom. The van der Waals surface area contributed by atoms with E-state index < -0.39 is 48.3 Å². The molecule has 0 radical (unpaired) electrons. The number of carboxylic acid groups (broad SMARTS) is 2. The molecule has 0 bridgehead atoms. The molecule has 2 amide bonds. The lowest BCUT2D eigenvalue weighted by Crippen LogP contribution is -2.55. The fourth-order valence-electron chi connectivity index (χ4n) is 1.14. The van der Waals surface area contributed by atoms with Gasteiger partial charge in [-0.05, 0) is 6.92 Å². The summed E-state index contributed by atoms with van der Waals surface area (Å²) in [5.41, 5.74) is 5.29. The van der Waals surface area contributed by atoms with E-state index in [4.69, 9.17) is 15.9 Å². The molecule has 0 heterocycles. The Labute approximate surface area is 120 Å². The summed E-state index contributed by atoms with van der Waals surface area (Å²) in [6, 6.07) is -3.62. The van der Waals surface area contributed by atoms with Gasteiger partial charge in [-0.25, -0.2) is 4.79 Å². The van der Waals surface area contributed by atoms with Crippen LogP contribution in [0.4, 0.5) is 0 Å². The Morgan fingerprint density at radius 3 is 1.95 bits per heavy atom. The molecule has 20 heavy (non-hydrogen) atoms. The van der Waals surface area contributed by atoms with Gasteiger partial charge in [0.2, 0.25) is 11.8 Å². The quantitative estimate of drug-likeness (QED) is 0.277. The largest absolute Gasteiger partial charge is 0.481 e. The molecule has 0 aromatic rings. The molecule has 3 atom stereocenters. The van der Waals surface area contributed by atoms with Crippen molar-refractivity contribution in [1.82, 2.24) is 10.6 Å². The minimum atomic E-state index is -1.41. The van der Waals surface area contributed by atoms with Gasteiger partial charge in [-0.15, -0.1) is 0 Å². The van der Waals surface area contributed by atoms with Gasteiger partial charge in [0, 0.05) is 5.75 Å².